The highest BCUT2D eigenvalue weighted by atomic mass is 35.5. The summed E-state index contributed by atoms with van der Waals surface area (Å²) in [5.74, 6) is 0.665. The summed E-state index contributed by atoms with van der Waals surface area (Å²) in [6.45, 7) is 0. The summed E-state index contributed by atoms with van der Waals surface area (Å²) in [6.07, 6.45) is 4.86. The monoisotopic (exact) mass is 240 g/mol. The molecule has 2 rings (SSSR count). The van der Waals surface area contributed by atoms with E-state index < -0.39 is 0 Å². The fourth-order valence-electron chi connectivity index (χ4n) is 2.11. The second kappa shape index (κ2) is 5.05. The van der Waals surface area contributed by atoms with Gasteiger partial charge in [0.2, 0.25) is 0 Å². The third-order valence-electron chi connectivity index (χ3n) is 2.94. The SMILES string of the molecule is ClCC1=C(c2ccc(Cl)cc2)CCCC1. The van der Waals surface area contributed by atoms with E-state index in [1.165, 1.54) is 29.6 Å². The second-order valence-corrected chi connectivity index (χ2v) is 4.63. The molecule has 0 saturated heterocycles. The molecule has 1 aliphatic carbocycles. The maximum absolute atomic E-state index is 5.97. The van der Waals surface area contributed by atoms with Crippen LogP contribution in [-0.2, 0) is 0 Å². The first-order valence-electron chi connectivity index (χ1n) is 5.34. The van der Waals surface area contributed by atoms with Crippen molar-refractivity contribution < 1.29 is 0 Å². The zero-order chi connectivity index (χ0) is 10.7. The van der Waals surface area contributed by atoms with E-state index in [4.69, 9.17) is 23.2 Å². The van der Waals surface area contributed by atoms with Crippen LogP contribution in [0.3, 0.4) is 0 Å². The predicted molar refractivity (Wildman–Crippen MR) is 67.6 cm³/mol. The lowest BCUT2D eigenvalue weighted by atomic mass is 9.88. The van der Waals surface area contributed by atoms with Crippen molar-refractivity contribution in [3.05, 3.63) is 40.4 Å². The lowest BCUT2D eigenvalue weighted by Crippen LogP contribution is -2.00. The van der Waals surface area contributed by atoms with Gasteiger partial charge in [0.05, 0.1) is 0 Å². The van der Waals surface area contributed by atoms with Gasteiger partial charge in [0.25, 0.3) is 0 Å². The number of allylic oxidation sites excluding steroid dienone is 2. The summed E-state index contributed by atoms with van der Waals surface area (Å²) in [7, 11) is 0. The minimum absolute atomic E-state index is 0.665. The normalized spacial score (nSPS) is 16.9. The molecule has 0 atom stereocenters. The van der Waals surface area contributed by atoms with Crippen LogP contribution in [0.25, 0.3) is 5.57 Å². The number of hydrogen-bond acceptors (Lipinski definition) is 0. The van der Waals surface area contributed by atoms with Gasteiger partial charge in [-0.3, -0.25) is 0 Å². The Morgan fingerprint density at radius 2 is 1.67 bits per heavy atom. The highest BCUT2D eigenvalue weighted by Crippen LogP contribution is 2.33. The summed E-state index contributed by atoms with van der Waals surface area (Å²) >= 11 is 11.9. The molecule has 1 aromatic carbocycles. The van der Waals surface area contributed by atoms with Crippen molar-refractivity contribution in [1.82, 2.24) is 0 Å². The maximum atomic E-state index is 5.97. The lowest BCUT2D eigenvalue weighted by molar-refractivity contribution is 0.715. The van der Waals surface area contributed by atoms with E-state index in [9.17, 15) is 0 Å². The maximum Gasteiger partial charge on any atom is 0.0439 e. The Hall–Kier alpha value is -0.460. The zero-order valence-electron chi connectivity index (χ0n) is 8.60. The summed E-state index contributed by atoms with van der Waals surface area (Å²) < 4.78 is 0. The van der Waals surface area contributed by atoms with Crippen LogP contribution >= 0.6 is 23.2 Å². The molecule has 0 heterocycles. The van der Waals surface area contributed by atoms with Crippen LogP contribution in [-0.4, -0.2) is 5.88 Å². The Kier molecular flexibility index (Phi) is 3.71. The van der Waals surface area contributed by atoms with Crippen LogP contribution in [0.1, 0.15) is 31.2 Å². The molecule has 0 unspecified atom stereocenters. The van der Waals surface area contributed by atoms with Crippen molar-refractivity contribution in [2.75, 3.05) is 5.88 Å². The quantitative estimate of drug-likeness (QED) is 0.645. The number of rotatable bonds is 2. The average Bonchev–Trinajstić information content (AvgIpc) is 2.30. The molecule has 1 aromatic rings. The van der Waals surface area contributed by atoms with E-state index in [1.54, 1.807) is 0 Å². The fraction of sp³-hybridized carbons (Fsp3) is 0.385. The highest BCUT2D eigenvalue weighted by molar-refractivity contribution is 6.30. The number of hydrogen-bond donors (Lipinski definition) is 0. The first-order valence-corrected chi connectivity index (χ1v) is 6.25. The topological polar surface area (TPSA) is 0 Å². The molecule has 0 amide bonds. The van der Waals surface area contributed by atoms with Gasteiger partial charge in [-0.05, 0) is 49.0 Å². The summed E-state index contributed by atoms with van der Waals surface area (Å²) in [5.41, 5.74) is 4.13. The largest absolute Gasteiger partial charge is 0.122 e. The van der Waals surface area contributed by atoms with Crippen LogP contribution in [0.15, 0.2) is 29.8 Å². The zero-order valence-corrected chi connectivity index (χ0v) is 10.1. The van der Waals surface area contributed by atoms with E-state index in [2.05, 4.69) is 12.1 Å². The molecule has 0 N–H and O–H groups in total. The molecule has 80 valence electrons. The van der Waals surface area contributed by atoms with Crippen molar-refractivity contribution in [2.24, 2.45) is 0 Å². The van der Waals surface area contributed by atoms with E-state index in [1.807, 2.05) is 12.1 Å². The first-order chi connectivity index (χ1) is 7.31. The first kappa shape index (κ1) is 11.0. The smallest absolute Gasteiger partial charge is 0.0439 e. The Morgan fingerprint density at radius 1 is 1.00 bits per heavy atom. The molecule has 15 heavy (non-hydrogen) atoms. The van der Waals surface area contributed by atoms with Crippen molar-refractivity contribution in [3.63, 3.8) is 0 Å². The Balaban J connectivity index is 2.35. The Bertz CT molecular complexity index is 363. The third kappa shape index (κ3) is 2.56. The Labute approximate surface area is 101 Å². The second-order valence-electron chi connectivity index (χ2n) is 3.93. The van der Waals surface area contributed by atoms with Crippen LogP contribution in [0.4, 0.5) is 0 Å². The van der Waals surface area contributed by atoms with Crippen molar-refractivity contribution in [3.8, 4) is 0 Å². The van der Waals surface area contributed by atoms with Crippen LogP contribution in [0.5, 0.6) is 0 Å². The minimum Gasteiger partial charge on any atom is -0.122 e. The molecule has 0 fully saturated rings. The molecule has 0 spiro atoms. The Morgan fingerprint density at radius 3 is 2.33 bits per heavy atom. The van der Waals surface area contributed by atoms with Crippen molar-refractivity contribution in [2.45, 2.75) is 25.7 Å². The van der Waals surface area contributed by atoms with Crippen LogP contribution in [0, 0.1) is 0 Å². The molecule has 1 aliphatic rings. The fourth-order valence-corrected chi connectivity index (χ4v) is 2.54. The summed E-state index contributed by atoms with van der Waals surface area (Å²) in [5, 5.41) is 0.794. The van der Waals surface area contributed by atoms with Gasteiger partial charge in [-0.1, -0.05) is 29.3 Å². The molecule has 2 heteroatoms. The van der Waals surface area contributed by atoms with E-state index in [0.29, 0.717) is 5.88 Å². The standard InChI is InChI=1S/C13H14Cl2/c14-9-11-3-1-2-4-13(11)10-5-7-12(15)8-6-10/h5-8H,1-4,9H2. The molecular formula is C13H14Cl2. The van der Waals surface area contributed by atoms with Gasteiger partial charge in [0, 0.05) is 10.9 Å². The number of benzene rings is 1. The number of alkyl halides is 1. The van der Waals surface area contributed by atoms with Crippen LogP contribution in [0.2, 0.25) is 5.02 Å². The highest BCUT2D eigenvalue weighted by Gasteiger charge is 2.13. The van der Waals surface area contributed by atoms with Gasteiger partial charge in [-0.2, -0.15) is 0 Å². The van der Waals surface area contributed by atoms with Gasteiger partial charge in [-0.25, -0.2) is 0 Å². The van der Waals surface area contributed by atoms with Crippen molar-refractivity contribution in [1.29, 1.82) is 0 Å². The third-order valence-corrected chi connectivity index (χ3v) is 3.51. The lowest BCUT2D eigenvalue weighted by Gasteiger charge is -2.19. The molecule has 0 aromatic heterocycles. The molecule has 0 nitrogen and oxygen atoms in total. The van der Waals surface area contributed by atoms with Gasteiger partial charge in [0.15, 0.2) is 0 Å². The van der Waals surface area contributed by atoms with Gasteiger partial charge >= 0.3 is 0 Å². The van der Waals surface area contributed by atoms with E-state index in [-0.39, 0.29) is 0 Å². The molecule has 0 radical (unpaired) electrons. The minimum atomic E-state index is 0.665. The van der Waals surface area contributed by atoms with Gasteiger partial charge in [-0.15, -0.1) is 11.6 Å². The molecule has 0 bridgehead atoms. The number of halogens is 2. The predicted octanol–water partition coefficient (Wildman–Crippen LogP) is 4.91. The summed E-state index contributed by atoms with van der Waals surface area (Å²) in [4.78, 5) is 0. The van der Waals surface area contributed by atoms with Crippen LogP contribution < -0.4 is 0 Å². The van der Waals surface area contributed by atoms with Gasteiger partial charge in [0.1, 0.15) is 0 Å². The van der Waals surface area contributed by atoms with E-state index >= 15 is 0 Å². The van der Waals surface area contributed by atoms with E-state index in [0.717, 1.165) is 17.9 Å². The average molecular weight is 241 g/mol. The van der Waals surface area contributed by atoms with Crippen molar-refractivity contribution >= 4 is 28.8 Å². The molecule has 0 saturated carbocycles. The van der Waals surface area contributed by atoms with Gasteiger partial charge < -0.3 is 0 Å². The summed E-state index contributed by atoms with van der Waals surface area (Å²) in [6, 6.07) is 8.08. The molecular weight excluding hydrogens is 227 g/mol. The molecule has 0 aliphatic heterocycles.